The fourth-order valence-corrected chi connectivity index (χ4v) is 6.52. The van der Waals surface area contributed by atoms with Crippen molar-refractivity contribution in [1.82, 2.24) is 15.6 Å². The Labute approximate surface area is 244 Å². The highest BCUT2D eigenvalue weighted by atomic mass is 16.5. The summed E-state index contributed by atoms with van der Waals surface area (Å²) < 4.78 is 6.50. The lowest BCUT2D eigenvalue weighted by Gasteiger charge is -2.36. The van der Waals surface area contributed by atoms with Gasteiger partial charge in [0.2, 0.25) is 5.91 Å². The molecule has 2 fully saturated rings. The Bertz CT molecular complexity index is 1130. The molecule has 2 unspecified atom stereocenters. The Morgan fingerprint density at radius 2 is 1.63 bits per heavy atom. The van der Waals surface area contributed by atoms with Gasteiger partial charge in [-0.25, -0.2) is 4.98 Å². The summed E-state index contributed by atoms with van der Waals surface area (Å²) in [5.74, 6) is -0.321. The van der Waals surface area contributed by atoms with E-state index >= 15 is 0 Å². The van der Waals surface area contributed by atoms with Crippen LogP contribution in [0.15, 0.2) is 48.5 Å². The monoisotopic (exact) mass is 563 g/mol. The van der Waals surface area contributed by atoms with E-state index in [9.17, 15) is 19.6 Å². The van der Waals surface area contributed by atoms with Crippen LogP contribution < -0.4 is 10.6 Å². The second-order valence-corrected chi connectivity index (χ2v) is 12.3. The number of aromatic nitrogens is 1. The number of pyridine rings is 1. The average Bonchev–Trinajstić information content (AvgIpc) is 3.51. The van der Waals surface area contributed by atoms with E-state index in [-0.39, 0.29) is 17.7 Å². The third-order valence-electron chi connectivity index (χ3n) is 8.64. The highest BCUT2D eigenvalue weighted by Crippen LogP contribution is 2.40. The first-order valence-corrected chi connectivity index (χ1v) is 15.4. The number of carbonyl (C=O) groups is 2. The van der Waals surface area contributed by atoms with Crippen molar-refractivity contribution >= 4 is 18.9 Å². The number of hydrogen-bond acceptors (Lipinski definition) is 6. The van der Waals surface area contributed by atoms with E-state index in [4.69, 9.17) is 4.74 Å². The van der Waals surface area contributed by atoms with E-state index in [0.717, 1.165) is 30.7 Å². The Morgan fingerprint density at radius 1 is 0.927 bits per heavy atom. The van der Waals surface area contributed by atoms with Crippen molar-refractivity contribution in [3.05, 3.63) is 54.2 Å². The lowest BCUT2D eigenvalue weighted by Crippen LogP contribution is -2.58. The van der Waals surface area contributed by atoms with Gasteiger partial charge in [-0.2, -0.15) is 0 Å². The number of benzene rings is 1. The average molecular weight is 564 g/mol. The van der Waals surface area contributed by atoms with Gasteiger partial charge in [-0.05, 0) is 62.5 Å². The van der Waals surface area contributed by atoms with Gasteiger partial charge >= 0.3 is 7.12 Å². The molecule has 222 valence electrons. The Morgan fingerprint density at radius 3 is 2.32 bits per heavy atom. The molecule has 0 radical (unpaired) electrons. The fraction of sp³-hybridized carbons (Fsp3) is 0.594. The van der Waals surface area contributed by atoms with Crippen LogP contribution >= 0.6 is 0 Å². The number of carbonyl (C=O) groups excluding carboxylic acids is 2. The molecule has 41 heavy (non-hydrogen) atoms. The van der Waals surface area contributed by atoms with Gasteiger partial charge in [-0.1, -0.05) is 82.3 Å². The smallest absolute Gasteiger partial charge is 0.426 e. The lowest BCUT2D eigenvalue weighted by atomic mass is 9.75. The van der Waals surface area contributed by atoms with Gasteiger partial charge in [-0.15, -0.1) is 0 Å². The molecule has 0 bridgehead atoms. The van der Waals surface area contributed by atoms with Gasteiger partial charge in [0.15, 0.2) is 0 Å². The molecule has 4 rings (SSSR count). The van der Waals surface area contributed by atoms with Crippen molar-refractivity contribution < 1.29 is 24.4 Å². The van der Waals surface area contributed by atoms with Gasteiger partial charge in [0, 0.05) is 5.56 Å². The van der Waals surface area contributed by atoms with Crippen LogP contribution in [0.3, 0.4) is 0 Å². The number of rotatable bonds is 12. The van der Waals surface area contributed by atoms with Crippen molar-refractivity contribution in [2.75, 3.05) is 0 Å². The molecule has 2 aromatic rings. The Kier molecular flexibility index (Phi) is 11.4. The van der Waals surface area contributed by atoms with Gasteiger partial charge < -0.3 is 25.4 Å². The molecule has 0 saturated heterocycles. The molecule has 1 heterocycles. The number of nitrogens with one attached hydrogen (secondary N) is 2. The summed E-state index contributed by atoms with van der Waals surface area (Å²) >= 11 is 0. The summed E-state index contributed by atoms with van der Waals surface area (Å²) in [5.41, 5.74) is 1.73. The second kappa shape index (κ2) is 14.9. The predicted molar refractivity (Wildman–Crippen MR) is 161 cm³/mol. The second-order valence-electron chi connectivity index (χ2n) is 12.3. The first kappa shape index (κ1) is 31.2. The maximum atomic E-state index is 13.6. The summed E-state index contributed by atoms with van der Waals surface area (Å²) in [5, 5.41) is 25.5. The minimum Gasteiger partial charge on any atom is -0.426 e. The zero-order valence-electron chi connectivity index (χ0n) is 24.7. The molecule has 5 atom stereocenters. The van der Waals surface area contributed by atoms with Crippen LogP contribution in [0.2, 0.25) is 0 Å². The van der Waals surface area contributed by atoms with Crippen molar-refractivity contribution in [2.24, 2.45) is 17.8 Å². The van der Waals surface area contributed by atoms with Crippen LogP contribution in [-0.2, 0) is 9.53 Å². The topological polar surface area (TPSA) is 121 Å². The summed E-state index contributed by atoms with van der Waals surface area (Å²) in [6.07, 6.45) is 9.23. The van der Waals surface area contributed by atoms with E-state index in [1.807, 2.05) is 57.2 Å². The highest BCUT2D eigenvalue weighted by Gasteiger charge is 2.36. The quantitative estimate of drug-likeness (QED) is 0.282. The number of amides is 2. The molecule has 8 nitrogen and oxygen atoms in total. The van der Waals surface area contributed by atoms with Gasteiger partial charge in [0.25, 0.3) is 5.91 Å². The minimum atomic E-state index is -1.72. The zero-order chi connectivity index (χ0) is 29.4. The largest absolute Gasteiger partial charge is 0.475 e. The molecule has 2 saturated carbocycles. The van der Waals surface area contributed by atoms with Crippen LogP contribution in [-0.4, -0.2) is 58.2 Å². The first-order chi connectivity index (χ1) is 19.7. The Balaban J connectivity index is 1.50. The molecule has 0 spiro atoms. The van der Waals surface area contributed by atoms with E-state index in [0.29, 0.717) is 18.0 Å². The highest BCUT2D eigenvalue weighted by molar-refractivity contribution is 6.43. The molecule has 2 aliphatic carbocycles. The van der Waals surface area contributed by atoms with Crippen LogP contribution in [0.25, 0.3) is 11.3 Å². The maximum Gasteiger partial charge on any atom is 0.475 e. The summed E-state index contributed by atoms with van der Waals surface area (Å²) in [6, 6.07) is 13.8. The molecule has 1 aromatic heterocycles. The molecule has 1 aromatic carbocycles. The molecule has 4 N–H and O–H groups in total. The van der Waals surface area contributed by atoms with E-state index in [1.165, 1.54) is 32.1 Å². The van der Waals surface area contributed by atoms with Crippen LogP contribution in [0.4, 0.5) is 0 Å². The zero-order valence-corrected chi connectivity index (χ0v) is 24.7. The molecule has 2 amide bonds. The van der Waals surface area contributed by atoms with Crippen molar-refractivity contribution in [1.29, 1.82) is 0 Å². The van der Waals surface area contributed by atoms with Crippen LogP contribution in [0.5, 0.6) is 0 Å². The fourth-order valence-electron chi connectivity index (χ4n) is 6.52. The van der Waals surface area contributed by atoms with E-state index < -0.39 is 37.0 Å². The number of ether oxygens (including phenoxy) is 1. The van der Waals surface area contributed by atoms with Gasteiger partial charge in [0.1, 0.15) is 11.7 Å². The summed E-state index contributed by atoms with van der Waals surface area (Å²) in [7, 11) is -1.72. The lowest BCUT2D eigenvalue weighted by molar-refractivity contribution is -0.129. The number of hydrogen-bond donors (Lipinski definition) is 4. The first-order valence-electron chi connectivity index (χ1n) is 15.4. The standard InChI is InChI=1S/C32H46BN3O5/c1-21(2)19-29(33(39)40)35-32(38)30(22(3)41-26-16-9-15-25(20-26)23-11-7-8-12-23)36-31(37)28-18-10-17-27(34-28)24-13-5-4-6-14-24/h4-6,10,13-14,17-18,21-23,25-26,29-30,39-40H,7-9,11-12,15-16,19-20H2,1-3H3,(H,35,38)(H,36,37)/t22-,25?,26?,29+,30+/m1/s1. The molecule has 2 aliphatic rings. The SMILES string of the molecule is CC(C)C[C@H](NC(=O)[C@@H](NC(=O)c1cccc(-c2ccccc2)n1)[C@@H](C)OC1CCCC(C2CCCC2)C1)B(O)O. The summed E-state index contributed by atoms with van der Waals surface area (Å²) in [6.45, 7) is 5.70. The summed E-state index contributed by atoms with van der Waals surface area (Å²) in [4.78, 5) is 31.6. The predicted octanol–water partition coefficient (Wildman–Crippen LogP) is 4.54. The minimum absolute atomic E-state index is 0.0194. The van der Waals surface area contributed by atoms with Crippen molar-refractivity contribution in [3.8, 4) is 11.3 Å². The Hall–Kier alpha value is -2.75. The molecular weight excluding hydrogens is 517 g/mol. The third kappa shape index (κ3) is 8.87. The number of nitrogens with zero attached hydrogens (tertiary/aromatic N) is 1. The maximum absolute atomic E-state index is 13.6. The normalized spacial score (nSPS) is 21.7. The molecule has 0 aliphatic heterocycles. The van der Waals surface area contributed by atoms with Crippen LogP contribution in [0, 0.1) is 17.8 Å². The molecule has 9 heteroatoms. The van der Waals surface area contributed by atoms with Crippen molar-refractivity contribution in [2.45, 2.75) is 103 Å². The molecular formula is C32H46BN3O5. The van der Waals surface area contributed by atoms with E-state index in [1.54, 1.807) is 12.1 Å². The van der Waals surface area contributed by atoms with E-state index in [2.05, 4.69) is 15.6 Å². The van der Waals surface area contributed by atoms with Gasteiger partial charge in [-0.3, -0.25) is 9.59 Å². The third-order valence-corrected chi connectivity index (χ3v) is 8.64. The van der Waals surface area contributed by atoms with Crippen LogP contribution in [0.1, 0.15) is 89.0 Å². The van der Waals surface area contributed by atoms with Gasteiger partial charge in [0.05, 0.1) is 23.8 Å². The van der Waals surface area contributed by atoms with Crippen molar-refractivity contribution in [3.63, 3.8) is 0 Å².